The van der Waals surface area contributed by atoms with Gasteiger partial charge in [0, 0.05) is 0 Å². The van der Waals surface area contributed by atoms with Crippen LogP contribution in [0.1, 0.15) is 6.42 Å². The Hall–Kier alpha value is -0.330. The Kier molecular flexibility index (Phi) is 2.45. The van der Waals surface area contributed by atoms with Gasteiger partial charge in [-0.15, -0.1) is 0 Å². The molecule has 0 atom stereocenters. The molecule has 1 N–H and O–H groups in total. The molecule has 23 valence electrons. The van der Waals surface area contributed by atoms with Gasteiger partial charge in [-0.2, -0.15) is 0 Å². The highest BCUT2D eigenvalue weighted by Crippen LogP contribution is 1.53. The van der Waals surface area contributed by atoms with Crippen molar-refractivity contribution in [2.24, 2.45) is 0 Å². The molecule has 1 nitrogen and oxygen atoms in total. The molecule has 0 rings (SSSR count). The molecule has 1 radical (unpaired) electrons. The van der Waals surface area contributed by atoms with Gasteiger partial charge < -0.3 is 5.41 Å². The Labute approximate surface area is 26.2 Å². The van der Waals surface area contributed by atoms with Crippen LogP contribution in [0, 0.1) is 12.3 Å². The minimum atomic E-state index is 0.611. The van der Waals surface area contributed by atoms with Crippen molar-refractivity contribution in [2.75, 3.05) is 0 Å². The predicted molar refractivity (Wildman–Crippen MR) is 18.8 cm³/mol. The maximum atomic E-state index is 6.26. The van der Waals surface area contributed by atoms with Crippen molar-refractivity contribution >= 4 is 6.21 Å². The molecule has 0 bridgehead atoms. The van der Waals surface area contributed by atoms with Crippen LogP contribution in [-0.2, 0) is 0 Å². The summed E-state index contributed by atoms with van der Waals surface area (Å²) in [6.45, 7) is 3.36. The quantitative estimate of drug-likeness (QED) is 0.431. The van der Waals surface area contributed by atoms with E-state index in [9.17, 15) is 0 Å². The molecule has 1 heteroatoms. The second-order valence-electron chi connectivity index (χ2n) is 0.493. The van der Waals surface area contributed by atoms with E-state index in [1.807, 2.05) is 0 Å². The molecule has 0 saturated heterocycles. The van der Waals surface area contributed by atoms with Crippen molar-refractivity contribution in [3.05, 3.63) is 6.92 Å². The molecule has 0 aromatic rings. The second-order valence-corrected chi connectivity index (χ2v) is 0.493. The number of hydrogen-bond donors (Lipinski definition) is 1. The van der Waals surface area contributed by atoms with Gasteiger partial charge in [-0.1, -0.05) is 0 Å². The fraction of sp³-hybridized carbons (Fsp3) is 0.333. The third-order valence-corrected chi connectivity index (χ3v) is 0.144. The van der Waals surface area contributed by atoms with Crippen LogP contribution in [0.5, 0.6) is 0 Å². The molecule has 0 aromatic heterocycles. The van der Waals surface area contributed by atoms with Gasteiger partial charge in [0.2, 0.25) is 0 Å². The molecule has 4 heavy (non-hydrogen) atoms. The number of hydrogen-bond acceptors (Lipinski definition) is 1. The van der Waals surface area contributed by atoms with E-state index < -0.39 is 0 Å². The van der Waals surface area contributed by atoms with Gasteiger partial charge in [0.15, 0.2) is 0 Å². The molecule has 0 spiro atoms. The first-order valence-corrected chi connectivity index (χ1v) is 1.20. The molecular formula is C3H6N. The molecular weight excluding hydrogens is 50.0 g/mol. The molecule has 0 amide bonds. The third-order valence-electron chi connectivity index (χ3n) is 0.144. The molecule has 0 aromatic carbocycles. The van der Waals surface area contributed by atoms with Crippen LogP contribution >= 0.6 is 0 Å². The zero-order valence-corrected chi connectivity index (χ0v) is 2.49. The fourth-order valence-electron chi connectivity index (χ4n) is 0. The Morgan fingerprint density at radius 3 is 2.25 bits per heavy atom. The van der Waals surface area contributed by atoms with Gasteiger partial charge in [-0.05, 0) is 19.6 Å². The van der Waals surface area contributed by atoms with E-state index >= 15 is 0 Å². The summed E-state index contributed by atoms with van der Waals surface area (Å²) in [6, 6.07) is 0. The van der Waals surface area contributed by atoms with E-state index in [4.69, 9.17) is 5.41 Å². The van der Waals surface area contributed by atoms with Gasteiger partial charge in [0.25, 0.3) is 0 Å². The van der Waals surface area contributed by atoms with Gasteiger partial charge in [0.1, 0.15) is 0 Å². The first-order chi connectivity index (χ1) is 1.91. The maximum Gasteiger partial charge on any atom is -0.00477 e. The van der Waals surface area contributed by atoms with Crippen LogP contribution in [0.2, 0.25) is 0 Å². The van der Waals surface area contributed by atoms with Crippen molar-refractivity contribution in [2.45, 2.75) is 6.42 Å². The van der Waals surface area contributed by atoms with E-state index in [2.05, 4.69) is 6.92 Å². The molecule has 0 aliphatic carbocycles. The normalized spacial score (nSPS) is 6.25. The minimum absolute atomic E-state index is 0.611. The average molecular weight is 56.1 g/mol. The lowest BCUT2D eigenvalue weighted by Gasteiger charge is -1.55. The molecule has 0 aliphatic heterocycles. The molecule has 0 fully saturated rings. The largest absolute Gasteiger partial charge is 0.313 e. The molecule has 0 heterocycles. The standard InChI is InChI=1S/C3H6N/c1-2-3-4/h3-4H,1-2H2. The van der Waals surface area contributed by atoms with E-state index in [0.717, 1.165) is 0 Å². The van der Waals surface area contributed by atoms with Crippen molar-refractivity contribution in [3.8, 4) is 0 Å². The Morgan fingerprint density at radius 1 is 2.00 bits per heavy atom. The SMILES string of the molecule is [CH2]CC=N. The lowest BCUT2D eigenvalue weighted by molar-refractivity contribution is 1.44. The lowest BCUT2D eigenvalue weighted by Crippen LogP contribution is -1.53. The van der Waals surface area contributed by atoms with E-state index in [1.165, 1.54) is 6.21 Å². The average Bonchev–Trinajstić information content (AvgIpc) is 1.37. The van der Waals surface area contributed by atoms with Crippen molar-refractivity contribution < 1.29 is 0 Å². The summed E-state index contributed by atoms with van der Waals surface area (Å²) in [5.41, 5.74) is 0. The summed E-state index contributed by atoms with van der Waals surface area (Å²) >= 11 is 0. The van der Waals surface area contributed by atoms with Gasteiger partial charge in [-0.3, -0.25) is 0 Å². The Morgan fingerprint density at radius 2 is 2.25 bits per heavy atom. The van der Waals surface area contributed by atoms with Crippen LogP contribution in [0.25, 0.3) is 0 Å². The Balaban J connectivity index is 2.30. The molecule has 0 aliphatic rings. The summed E-state index contributed by atoms with van der Waals surface area (Å²) in [7, 11) is 0. The monoisotopic (exact) mass is 56.1 g/mol. The summed E-state index contributed by atoms with van der Waals surface area (Å²) < 4.78 is 0. The smallest absolute Gasteiger partial charge is 0.00477 e. The van der Waals surface area contributed by atoms with E-state index in [1.54, 1.807) is 0 Å². The predicted octanol–water partition coefficient (Wildman–Crippen LogP) is 0.860. The van der Waals surface area contributed by atoms with Crippen LogP contribution in [-0.4, -0.2) is 6.21 Å². The van der Waals surface area contributed by atoms with Crippen molar-refractivity contribution in [1.29, 1.82) is 5.41 Å². The minimum Gasteiger partial charge on any atom is -0.313 e. The summed E-state index contributed by atoms with van der Waals surface area (Å²) in [6.07, 6.45) is 1.88. The summed E-state index contributed by atoms with van der Waals surface area (Å²) in [4.78, 5) is 0. The first kappa shape index (κ1) is 3.67. The van der Waals surface area contributed by atoms with Crippen molar-refractivity contribution in [1.82, 2.24) is 0 Å². The van der Waals surface area contributed by atoms with Crippen LogP contribution in [0.3, 0.4) is 0 Å². The highest BCUT2D eigenvalue weighted by Gasteiger charge is 1.47. The topological polar surface area (TPSA) is 23.9 Å². The van der Waals surface area contributed by atoms with Gasteiger partial charge >= 0.3 is 0 Å². The highest BCUT2D eigenvalue weighted by atomic mass is 14.3. The van der Waals surface area contributed by atoms with Crippen molar-refractivity contribution in [3.63, 3.8) is 0 Å². The summed E-state index contributed by atoms with van der Waals surface area (Å²) in [5.74, 6) is 0. The fourth-order valence-corrected chi connectivity index (χ4v) is 0. The van der Waals surface area contributed by atoms with E-state index in [-0.39, 0.29) is 0 Å². The van der Waals surface area contributed by atoms with Crippen LogP contribution < -0.4 is 0 Å². The number of nitrogens with one attached hydrogen (secondary N) is 1. The molecule has 0 unspecified atom stereocenters. The lowest BCUT2D eigenvalue weighted by atomic mass is 10.6. The third kappa shape index (κ3) is 1.67. The van der Waals surface area contributed by atoms with Gasteiger partial charge in [0.05, 0.1) is 0 Å². The zero-order valence-electron chi connectivity index (χ0n) is 2.49. The van der Waals surface area contributed by atoms with Crippen LogP contribution in [0.4, 0.5) is 0 Å². The van der Waals surface area contributed by atoms with E-state index in [0.29, 0.717) is 6.42 Å². The van der Waals surface area contributed by atoms with Gasteiger partial charge in [-0.25, -0.2) is 0 Å². The summed E-state index contributed by atoms with van der Waals surface area (Å²) in [5, 5.41) is 6.26. The first-order valence-electron chi connectivity index (χ1n) is 1.20. The highest BCUT2D eigenvalue weighted by molar-refractivity contribution is 5.53. The Bertz CT molecular complexity index is 17.2. The second kappa shape index (κ2) is 2.67. The van der Waals surface area contributed by atoms with Crippen LogP contribution in [0.15, 0.2) is 0 Å². The molecule has 0 saturated carbocycles. The zero-order chi connectivity index (χ0) is 3.41. The maximum absolute atomic E-state index is 6.26. The number of rotatable bonds is 1.